The molecule has 0 fully saturated rings. The second kappa shape index (κ2) is 11.0. The molecule has 0 N–H and O–H groups in total. The van der Waals surface area contributed by atoms with Crippen molar-refractivity contribution in [1.29, 1.82) is 0 Å². The second-order valence-corrected chi connectivity index (χ2v) is 9.25. The van der Waals surface area contributed by atoms with Crippen molar-refractivity contribution in [2.75, 3.05) is 6.61 Å². The maximum atomic E-state index is 12.3. The number of thioether (sulfide) groups is 2. The van der Waals surface area contributed by atoms with Gasteiger partial charge in [-0.25, -0.2) is 9.97 Å². The Morgan fingerprint density at radius 2 is 1.81 bits per heavy atom. The van der Waals surface area contributed by atoms with Crippen LogP contribution in [0.5, 0.6) is 0 Å². The lowest BCUT2D eigenvalue weighted by Gasteiger charge is -2.14. The van der Waals surface area contributed by atoms with Crippen LogP contribution in [0.3, 0.4) is 0 Å². The Labute approximate surface area is 195 Å². The molecule has 164 valence electrons. The Kier molecular flexibility index (Phi) is 8.34. The molecule has 1 aromatic carbocycles. The Morgan fingerprint density at radius 1 is 1.13 bits per heavy atom. The van der Waals surface area contributed by atoms with E-state index >= 15 is 0 Å². The molecule has 3 rings (SSSR count). The van der Waals surface area contributed by atoms with Crippen molar-refractivity contribution in [2.24, 2.45) is 0 Å². The highest BCUT2D eigenvalue weighted by Crippen LogP contribution is 2.30. The van der Waals surface area contributed by atoms with Crippen LogP contribution in [0.15, 0.2) is 40.6 Å². The Morgan fingerprint density at radius 3 is 2.42 bits per heavy atom. The highest BCUT2D eigenvalue weighted by atomic mass is 35.5. The summed E-state index contributed by atoms with van der Waals surface area (Å²) in [6, 6.07) is 9.39. The largest absolute Gasteiger partial charge is 0.465 e. The van der Waals surface area contributed by atoms with Crippen LogP contribution in [-0.4, -0.2) is 42.6 Å². The van der Waals surface area contributed by atoms with Gasteiger partial charge in [-0.2, -0.15) is 0 Å². The molecule has 2 aromatic heterocycles. The molecule has 0 saturated carbocycles. The summed E-state index contributed by atoms with van der Waals surface area (Å²) < 4.78 is 7.15. The van der Waals surface area contributed by atoms with Crippen LogP contribution in [0.25, 0.3) is 5.69 Å². The number of esters is 1. The van der Waals surface area contributed by atoms with Crippen molar-refractivity contribution < 1.29 is 9.53 Å². The minimum Gasteiger partial charge on any atom is -0.465 e. The maximum Gasteiger partial charge on any atom is 0.319 e. The number of nitrogens with zero attached hydrogens (tertiary/aromatic N) is 5. The highest BCUT2D eigenvalue weighted by Gasteiger charge is 2.24. The molecule has 7 nitrogen and oxygen atoms in total. The Bertz CT molecular complexity index is 1020. The van der Waals surface area contributed by atoms with Crippen molar-refractivity contribution in [2.45, 2.75) is 55.4 Å². The van der Waals surface area contributed by atoms with Crippen molar-refractivity contribution >= 4 is 41.1 Å². The number of hydrogen-bond acceptors (Lipinski definition) is 8. The zero-order valence-electron chi connectivity index (χ0n) is 17.8. The van der Waals surface area contributed by atoms with Crippen molar-refractivity contribution in [1.82, 2.24) is 24.7 Å². The molecule has 0 bridgehead atoms. The topological polar surface area (TPSA) is 82.8 Å². The number of carbonyl (C=O) groups excluding carboxylic acids is 1. The first-order valence-corrected chi connectivity index (χ1v) is 12.1. The fraction of sp³-hybridized carbons (Fsp3) is 0.381. The third kappa shape index (κ3) is 6.21. The summed E-state index contributed by atoms with van der Waals surface area (Å²) in [6.45, 7) is 7.99. The summed E-state index contributed by atoms with van der Waals surface area (Å²) in [4.78, 5) is 21.3. The molecule has 0 radical (unpaired) electrons. The summed E-state index contributed by atoms with van der Waals surface area (Å²) in [6.07, 6.45) is 0.622. The first-order valence-electron chi connectivity index (χ1n) is 9.89. The van der Waals surface area contributed by atoms with Gasteiger partial charge >= 0.3 is 5.97 Å². The molecule has 0 aliphatic rings. The van der Waals surface area contributed by atoms with Gasteiger partial charge in [-0.05, 0) is 57.5 Å². The Balaban J connectivity index is 1.91. The fourth-order valence-corrected chi connectivity index (χ4v) is 4.85. The molecule has 0 saturated heterocycles. The van der Waals surface area contributed by atoms with Crippen LogP contribution in [-0.2, 0) is 15.3 Å². The van der Waals surface area contributed by atoms with E-state index in [1.54, 1.807) is 6.92 Å². The normalized spacial score (nSPS) is 12.0. The molecule has 0 aliphatic heterocycles. The van der Waals surface area contributed by atoms with E-state index in [0.29, 0.717) is 34.1 Å². The number of rotatable bonds is 9. The monoisotopic (exact) mass is 477 g/mol. The van der Waals surface area contributed by atoms with Gasteiger partial charge in [0.1, 0.15) is 11.1 Å². The first kappa shape index (κ1) is 23.6. The van der Waals surface area contributed by atoms with Gasteiger partial charge in [-0.15, -0.1) is 10.2 Å². The second-order valence-electron chi connectivity index (χ2n) is 6.70. The summed E-state index contributed by atoms with van der Waals surface area (Å²) in [5, 5.41) is 10.4. The number of aromatic nitrogens is 5. The lowest BCUT2D eigenvalue weighted by molar-refractivity contribution is -0.142. The van der Waals surface area contributed by atoms with Crippen LogP contribution in [0.4, 0.5) is 0 Å². The number of hydrogen-bond donors (Lipinski definition) is 0. The number of halogens is 1. The average molecular weight is 478 g/mol. The van der Waals surface area contributed by atoms with E-state index in [9.17, 15) is 4.79 Å². The van der Waals surface area contributed by atoms with Crippen LogP contribution in [0, 0.1) is 13.8 Å². The molecule has 2 heterocycles. The van der Waals surface area contributed by atoms with Crippen LogP contribution < -0.4 is 0 Å². The van der Waals surface area contributed by atoms with E-state index in [1.165, 1.54) is 23.5 Å². The smallest absolute Gasteiger partial charge is 0.319 e. The van der Waals surface area contributed by atoms with Gasteiger partial charge in [0.15, 0.2) is 10.3 Å². The predicted octanol–water partition coefficient (Wildman–Crippen LogP) is 5.05. The molecule has 31 heavy (non-hydrogen) atoms. The number of ether oxygens (including phenoxy) is 1. The van der Waals surface area contributed by atoms with Crippen LogP contribution in [0.2, 0.25) is 5.02 Å². The molecule has 0 aliphatic carbocycles. The minimum atomic E-state index is -0.363. The van der Waals surface area contributed by atoms with Gasteiger partial charge in [0.05, 0.1) is 12.4 Å². The van der Waals surface area contributed by atoms with E-state index in [-0.39, 0.29) is 11.2 Å². The zero-order chi connectivity index (χ0) is 22.4. The number of benzene rings is 1. The molecule has 0 spiro atoms. The quantitative estimate of drug-likeness (QED) is 0.240. The van der Waals surface area contributed by atoms with Crippen LogP contribution >= 0.6 is 35.1 Å². The maximum absolute atomic E-state index is 12.3. The minimum absolute atomic E-state index is 0.250. The van der Waals surface area contributed by atoms with Gasteiger partial charge in [0, 0.05) is 22.1 Å². The molecule has 1 unspecified atom stereocenters. The average Bonchev–Trinajstić information content (AvgIpc) is 3.13. The predicted molar refractivity (Wildman–Crippen MR) is 124 cm³/mol. The highest BCUT2D eigenvalue weighted by molar-refractivity contribution is 8.00. The Hall–Kier alpha value is -2.10. The molecule has 10 heteroatoms. The van der Waals surface area contributed by atoms with Gasteiger partial charge < -0.3 is 4.74 Å². The van der Waals surface area contributed by atoms with Gasteiger partial charge in [0.25, 0.3) is 0 Å². The van der Waals surface area contributed by atoms with Gasteiger partial charge in [0.2, 0.25) is 0 Å². The molecular weight excluding hydrogens is 454 g/mol. The summed E-state index contributed by atoms with van der Waals surface area (Å²) in [5.41, 5.74) is 2.71. The first-order chi connectivity index (χ1) is 14.9. The summed E-state index contributed by atoms with van der Waals surface area (Å²) >= 11 is 8.92. The molecule has 0 amide bonds. The lowest BCUT2D eigenvalue weighted by atomic mass is 10.3. The number of carbonyl (C=O) groups is 1. The fourth-order valence-electron chi connectivity index (χ4n) is 2.87. The van der Waals surface area contributed by atoms with E-state index in [1.807, 2.05) is 55.7 Å². The molecular formula is C21H24ClN5O2S2. The van der Waals surface area contributed by atoms with Crippen molar-refractivity contribution in [3.63, 3.8) is 0 Å². The SMILES string of the molecule is CCOC(=O)C(CC)Sc1nnc(CSc2nc(C)cc(C)n2)n1-c1ccc(Cl)cc1. The lowest BCUT2D eigenvalue weighted by Crippen LogP contribution is -2.20. The van der Waals surface area contributed by atoms with E-state index in [0.717, 1.165) is 22.9 Å². The molecule has 3 aromatic rings. The third-order valence-electron chi connectivity index (χ3n) is 4.25. The molecule has 1 atom stereocenters. The van der Waals surface area contributed by atoms with Gasteiger partial charge in [-0.3, -0.25) is 9.36 Å². The summed E-state index contributed by atoms with van der Waals surface area (Å²) in [5.74, 6) is 1.01. The zero-order valence-corrected chi connectivity index (χ0v) is 20.2. The van der Waals surface area contributed by atoms with E-state index < -0.39 is 0 Å². The van der Waals surface area contributed by atoms with Crippen molar-refractivity contribution in [3.05, 3.63) is 52.6 Å². The van der Waals surface area contributed by atoms with Crippen molar-refractivity contribution in [3.8, 4) is 5.69 Å². The number of aryl methyl sites for hydroxylation is 2. The third-order valence-corrected chi connectivity index (χ3v) is 6.63. The summed E-state index contributed by atoms with van der Waals surface area (Å²) in [7, 11) is 0. The van der Waals surface area contributed by atoms with Crippen LogP contribution in [0.1, 0.15) is 37.5 Å². The van der Waals surface area contributed by atoms with E-state index in [2.05, 4.69) is 20.2 Å². The van der Waals surface area contributed by atoms with E-state index in [4.69, 9.17) is 16.3 Å². The van der Waals surface area contributed by atoms with Gasteiger partial charge in [-0.1, -0.05) is 42.0 Å². The standard InChI is InChI=1S/C21H24ClN5O2S2/c1-5-17(19(28)29-6-2)31-21-26-25-18(27(21)16-9-7-15(22)8-10-16)12-30-20-23-13(3)11-14(4)24-20/h7-11,17H,5-6,12H2,1-4H3.